The Morgan fingerprint density at radius 2 is 1.95 bits per heavy atom. The summed E-state index contributed by atoms with van der Waals surface area (Å²) < 4.78 is 5.39. The molecule has 2 amide bonds. The van der Waals surface area contributed by atoms with Gasteiger partial charge in [0.1, 0.15) is 0 Å². The van der Waals surface area contributed by atoms with E-state index in [0.29, 0.717) is 12.5 Å². The Morgan fingerprint density at radius 1 is 1.29 bits per heavy atom. The highest BCUT2D eigenvalue weighted by Crippen LogP contribution is 2.14. The zero-order chi connectivity index (χ0) is 15.7. The highest BCUT2D eigenvalue weighted by Gasteiger charge is 2.15. The minimum atomic E-state index is -0.285. The van der Waals surface area contributed by atoms with Crippen molar-refractivity contribution in [3.05, 3.63) is 35.9 Å². The van der Waals surface area contributed by atoms with Gasteiger partial charge in [-0.3, -0.25) is 0 Å². The van der Waals surface area contributed by atoms with Gasteiger partial charge < -0.3 is 20.5 Å². The molecule has 0 heterocycles. The number of ether oxygens (including phenoxy) is 1. The lowest BCUT2D eigenvalue weighted by Crippen LogP contribution is -2.45. The molecule has 0 aliphatic heterocycles. The van der Waals surface area contributed by atoms with E-state index < -0.39 is 0 Å². The smallest absolute Gasteiger partial charge is 0.315 e. The number of urea groups is 1. The molecule has 0 saturated carbocycles. The second-order valence-corrected chi connectivity index (χ2v) is 5.50. The molecule has 5 nitrogen and oxygen atoms in total. The number of hydrogen-bond acceptors (Lipinski definition) is 3. The second-order valence-electron chi connectivity index (χ2n) is 5.50. The first-order valence-electron chi connectivity index (χ1n) is 7.29. The summed E-state index contributed by atoms with van der Waals surface area (Å²) in [7, 11) is 1.62. The summed E-state index contributed by atoms with van der Waals surface area (Å²) in [4.78, 5) is 11.9. The minimum absolute atomic E-state index is 0.0575. The van der Waals surface area contributed by atoms with Crippen LogP contribution in [0.5, 0.6) is 0 Å². The van der Waals surface area contributed by atoms with E-state index in [9.17, 15) is 9.90 Å². The van der Waals surface area contributed by atoms with Gasteiger partial charge in [-0.2, -0.15) is 0 Å². The first-order valence-corrected chi connectivity index (χ1v) is 7.29. The van der Waals surface area contributed by atoms with Crippen molar-refractivity contribution in [1.82, 2.24) is 10.6 Å². The number of aliphatic hydroxyl groups is 1. The van der Waals surface area contributed by atoms with Crippen LogP contribution in [0.15, 0.2) is 30.3 Å². The molecule has 0 fully saturated rings. The Bertz CT molecular complexity index is 409. The maximum atomic E-state index is 11.9. The van der Waals surface area contributed by atoms with E-state index in [1.807, 2.05) is 30.3 Å². The summed E-state index contributed by atoms with van der Waals surface area (Å²) in [6.45, 7) is 4.43. The second kappa shape index (κ2) is 9.37. The van der Waals surface area contributed by atoms with Crippen LogP contribution in [0.1, 0.15) is 31.9 Å². The zero-order valence-electron chi connectivity index (χ0n) is 13.0. The predicted molar refractivity (Wildman–Crippen MR) is 83.1 cm³/mol. The summed E-state index contributed by atoms with van der Waals surface area (Å²) >= 11 is 0. The number of aliphatic hydroxyl groups excluding tert-OH is 1. The molecule has 1 aromatic rings. The minimum Gasteiger partial charge on any atom is -0.394 e. The molecule has 0 aliphatic rings. The van der Waals surface area contributed by atoms with Gasteiger partial charge in [0.2, 0.25) is 0 Å². The van der Waals surface area contributed by atoms with Gasteiger partial charge in [0.05, 0.1) is 18.8 Å². The van der Waals surface area contributed by atoms with Gasteiger partial charge in [0.15, 0.2) is 0 Å². The molecule has 21 heavy (non-hydrogen) atoms. The first kappa shape index (κ1) is 17.5. The number of hydrogen-bond donors (Lipinski definition) is 3. The Morgan fingerprint density at radius 3 is 2.48 bits per heavy atom. The van der Waals surface area contributed by atoms with Crippen LogP contribution in [0.2, 0.25) is 0 Å². The van der Waals surface area contributed by atoms with E-state index in [1.165, 1.54) is 0 Å². The van der Waals surface area contributed by atoms with Crippen LogP contribution >= 0.6 is 0 Å². The van der Waals surface area contributed by atoms with Gasteiger partial charge in [-0.15, -0.1) is 0 Å². The molecule has 0 radical (unpaired) electrons. The Hall–Kier alpha value is -1.59. The normalized spacial score (nSPS) is 13.8. The zero-order valence-corrected chi connectivity index (χ0v) is 13.0. The van der Waals surface area contributed by atoms with E-state index in [4.69, 9.17) is 4.74 Å². The monoisotopic (exact) mass is 294 g/mol. The maximum Gasteiger partial charge on any atom is 0.315 e. The van der Waals surface area contributed by atoms with Crippen LogP contribution in [0, 0.1) is 5.92 Å². The number of nitrogens with one attached hydrogen (secondary N) is 2. The van der Waals surface area contributed by atoms with Gasteiger partial charge >= 0.3 is 6.03 Å². The number of benzene rings is 1. The van der Waals surface area contributed by atoms with Crippen LogP contribution in [0.4, 0.5) is 4.79 Å². The fraction of sp³-hybridized carbons (Fsp3) is 0.562. The summed E-state index contributed by atoms with van der Waals surface area (Å²) in [6.07, 6.45) is 0.561. The lowest BCUT2D eigenvalue weighted by Gasteiger charge is -2.20. The Kier molecular flexibility index (Phi) is 7.79. The maximum absolute atomic E-state index is 11.9. The molecule has 1 rings (SSSR count). The van der Waals surface area contributed by atoms with Crippen LogP contribution in [0.3, 0.4) is 0 Å². The van der Waals surface area contributed by atoms with Crippen LogP contribution in [-0.2, 0) is 4.74 Å². The summed E-state index contributed by atoms with van der Waals surface area (Å²) in [5.41, 5.74) is 1.01. The molecule has 0 bridgehead atoms. The summed E-state index contributed by atoms with van der Waals surface area (Å²) in [5, 5.41) is 14.8. The molecule has 118 valence electrons. The molecule has 3 N–H and O–H groups in total. The molecular weight excluding hydrogens is 268 g/mol. The van der Waals surface area contributed by atoms with Crippen molar-refractivity contribution in [2.45, 2.75) is 32.4 Å². The summed E-state index contributed by atoms with van der Waals surface area (Å²) in [5.74, 6) is 0.415. The molecule has 1 aromatic carbocycles. The molecule has 0 saturated heterocycles. The molecule has 0 aromatic heterocycles. The van der Waals surface area contributed by atoms with Gasteiger partial charge in [0, 0.05) is 13.7 Å². The lowest BCUT2D eigenvalue weighted by molar-refractivity contribution is 0.103. The highest BCUT2D eigenvalue weighted by molar-refractivity contribution is 5.74. The lowest BCUT2D eigenvalue weighted by atomic mass is 10.0. The third-order valence-electron chi connectivity index (χ3n) is 3.22. The third-order valence-corrected chi connectivity index (χ3v) is 3.22. The van der Waals surface area contributed by atoms with E-state index in [-0.39, 0.29) is 24.8 Å². The van der Waals surface area contributed by atoms with Gasteiger partial charge in [-0.25, -0.2) is 4.79 Å². The summed E-state index contributed by atoms with van der Waals surface area (Å²) in [6, 6.07) is 9.23. The topological polar surface area (TPSA) is 70.6 Å². The standard InChI is InChI=1S/C16H26N2O3/c1-12(2)9-14(11-19)18-16(20)17-10-15(21-3)13-7-5-4-6-8-13/h4-8,12,14-15,19H,9-11H2,1-3H3,(H2,17,18,20). The Labute approximate surface area is 126 Å². The number of amides is 2. The molecule has 2 unspecified atom stereocenters. The van der Waals surface area contributed by atoms with Crippen molar-refractivity contribution in [3.8, 4) is 0 Å². The fourth-order valence-corrected chi connectivity index (χ4v) is 2.17. The van der Waals surface area contributed by atoms with Crippen molar-refractivity contribution >= 4 is 6.03 Å². The molecule has 2 atom stereocenters. The van der Waals surface area contributed by atoms with Crippen molar-refractivity contribution in [1.29, 1.82) is 0 Å². The SMILES string of the molecule is COC(CNC(=O)NC(CO)CC(C)C)c1ccccc1. The highest BCUT2D eigenvalue weighted by atomic mass is 16.5. The van der Waals surface area contributed by atoms with E-state index in [0.717, 1.165) is 12.0 Å². The van der Waals surface area contributed by atoms with Gasteiger partial charge in [0.25, 0.3) is 0 Å². The molecule has 0 aliphatic carbocycles. The number of methoxy groups -OCH3 is 1. The number of rotatable bonds is 8. The van der Waals surface area contributed by atoms with Crippen LogP contribution < -0.4 is 10.6 Å². The number of carbonyl (C=O) groups excluding carboxylic acids is 1. The van der Waals surface area contributed by atoms with E-state index in [2.05, 4.69) is 24.5 Å². The molecular formula is C16H26N2O3. The first-order chi connectivity index (χ1) is 10.1. The van der Waals surface area contributed by atoms with Crippen molar-refractivity contribution in [2.75, 3.05) is 20.3 Å². The predicted octanol–water partition coefficient (Wildman–Crippen LogP) is 2.08. The van der Waals surface area contributed by atoms with E-state index in [1.54, 1.807) is 7.11 Å². The van der Waals surface area contributed by atoms with Crippen LogP contribution in [0.25, 0.3) is 0 Å². The van der Waals surface area contributed by atoms with Gasteiger partial charge in [-0.05, 0) is 17.9 Å². The largest absolute Gasteiger partial charge is 0.394 e. The van der Waals surface area contributed by atoms with Crippen LogP contribution in [-0.4, -0.2) is 37.4 Å². The van der Waals surface area contributed by atoms with E-state index >= 15 is 0 Å². The van der Waals surface area contributed by atoms with Crippen molar-refractivity contribution in [3.63, 3.8) is 0 Å². The third kappa shape index (κ3) is 6.60. The quantitative estimate of drug-likeness (QED) is 0.687. The Balaban J connectivity index is 2.44. The van der Waals surface area contributed by atoms with Crippen molar-refractivity contribution in [2.24, 2.45) is 5.92 Å². The molecule has 0 spiro atoms. The average molecular weight is 294 g/mol. The van der Waals surface area contributed by atoms with Crippen molar-refractivity contribution < 1.29 is 14.6 Å². The fourth-order valence-electron chi connectivity index (χ4n) is 2.17. The number of carbonyl (C=O) groups is 1. The average Bonchev–Trinajstić information content (AvgIpc) is 2.47. The van der Waals surface area contributed by atoms with Gasteiger partial charge in [-0.1, -0.05) is 44.2 Å². The molecule has 5 heteroatoms.